The maximum Gasteiger partial charge on any atom is 0.279 e. The second-order valence-corrected chi connectivity index (χ2v) is 8.63. The molecule has 4 N–H and O–H groups in total. The van der Waals surface area contributed by atoms with Gasteiger partial charge in [-0.25, -0.2) is 0 Å². The van der Waals surface area contributed by atoms with Crippen molar-refractivity contribution in [1.29, 1.82) is 0 Å². The van der Waals surface area contributed by atoms with Gasteiger partial charge >= 0.3 is 0 Å². The molecule has 0 aromatic heterocycles. The lowest BCUT2D eigenvalue weighted by Crippen LogP contribution is -2.39. The van der Waals surface area contributed by atoms with Crippen LogP contribution in [0.25, 0.3) is 0 Å². The SMILES string of the molecule is COc1cc(C(C)O)c([N+](=O)[O-])cc1OCCCC(=O)NC(CC(N)=O)Cc1ccc(Br)cc1. The minimum Gasteiger partial charge on any atom is -0.493 e. The summed E-state index contributed by atoms with van der Waals surface area (Å²) in [6.07, 6.45) is -0.157. The first-order chi connectivity index (χ1) is 16.1. The van der Waals surface area contributed by atoms with Crippen molar-refractivity contribution < 1.29 is 29.1 Å². The van der Waals surface area contributed by atoms with Crippen LogP contribution in [0.1, 0.15) is 43.4 Å². The molecule has 10 nitrogen and oxygen atoms in total. The quantitative estimate of drug-likeness (QED) is 0.201. The molecular weight excluding hydrogens is 510 g/mol. The number of aliphatic hydroxyl groups is 1. The van der Waals surface area contributed by atoms with Gasteiger partial charge in [-0.15, -0.1) is 0 Å². The van der Waals surface area contributed by atoms with E-state index in [2.05, 4.69) is 21.2 Å². The number of nitrogens with zero attached hydrogens (tertiary/aromatic N) is 1. The Bertz CT molecular complexity index is 1010. The summed E-state index contributed by atoms with van der Waals surface area (Å²) in [5.74, 6) is -0.405. The van der Waals surface area contributed by atoms with Crippen LogP contribution in [0.4, 0.5) is 5.69 Å². The molecule has 0 radical (unpaired) electrons. The van der Waals surface area contributed by atoms with Crippen LogP contribution in [0.3, 0.4) is 0 Å². The van der Waals surface area contributed by atoms with Gasteiger partial charge in [-0.2, -0.15) is 0 Å². The van der Waals surface area contributed by atoms with E-state index in [0.29, 0.717) is 12.8 Å². The lowest BCUT2D eigenvalue weighted by atomic mass is 10.0. The van der Waals surface area contributed by atoms with E-state index in [4.69, 9.17) is 15.2 Å². The number of nitro benzene ring substituents is 1. The number of carbonyl (C=O) groups is 2. The van der Waals surface area contributed by atoms with Crippen LogP contribution in [0, 0.1) is 10.1 Å². The highest BCUT2D eigenvalue weighted by atomic mass is 79.9. The highest BCUT2D eigenvalue weighted by molar-refractivity contribution is 9.10. The molecule has 0 fully saturated rings. The summed E-state index contributed by atoms with van der Waals surface area (Å²) in [4.78, 5) is 34.6. The number of primary amides is 1. The molecule has 0 heterocycles. The number of halogens is 1. The average molecular weight is 538 g/mol. The molecule has 2 aromatic carbocycles. The highest BCUT2D eigenvalue weighted by Gasteiger charge is 2.23. The molecule has 2 rings (SSSR count). The van der Waals surface area contributed by atoms with Gasteiger partial charge in [-0.1, -0.05) is 28.1 Å². The van der Waals surface area contributed by atoms with Crippen molar-refractivity contribution >= 4 is 33.4 Å². The maximum atomic E-state index is 12.4. The number of nitrogens with one attached hydrogen (secondary N) is 1. The predicted molar refractivity (Wildman–Crippen MR) is 129 cm³/mol. The van der Waals surface area contributed by atoms with Gasteiger partial charge in [-0.3, -0.25) is 19.7 Å². The highest BCUT2D eigenvalue weighted by Crippen LogP contribution is 2.37. The Labute approximate surface area is 205 Å². The fourth-order valence-electron chi connectivity index (χ4n) is 3.37. The second kappa shape index (κ2) is 12.9. The van der Waals surface area contributed by atoms with Crippen LogP contribution < -0.4 is 20.5 Å². The lowest BCUT2D eigenvalue weighted by molar-refractivity contribution is -0.386. The Kier molecular flexibility index (Phi) is 10.3. The zero-order valence-corrected chi connectivity index (χ0v) is 20.5. The number of benzene rings is 2. The molecule has 0 spiro atoms. The Morgan fingerprint density at radius 1 is 1.24 bits per heavy atom. The van der Waals surface area contributed by atoms with Crippen LogP contribution in [0.15, 0.2) is 40.9 Å². The van der Waals surface area contributed by atoms with Gasteiger partial charge < -0.3 is 25.6 Å². The van der Waals surface area contributed by atoms with Crippen LogP contribution in [-0.2, 0) is 16.0 Å². The number of amides is 2. The van der Waals surface area contributed by atoms with Crippen molar-refractivity contribution in [3.63, 3.8) is 0 Å². The molecule has 2 amide bonds. The van der Waals surface area contributed by atoms with Crippen molar-refractivity contribution in [3.05, 3.63) is 62.1 Å². The number of hydrogen-bond donors (Lipinski definition) is 3. The molecule has 11 heteroatoms. The molecule has 0 saturated heterocycles. The number of rotatable bonds is 13. The number of methoxy groups -OCH3 is 1. The monoisotopic (exact) mass is 537 g/mol. The number of nitrogens with two attached hydrogens (primary N) is 1. The smallest absolute Gasteiger partial charge is 0.279 e. The summed E-state index contributed by atoms with van der Waals surface area (Å²) in [7, 11) is 1.39. The zero-order chi connectivity index (χ0) is 25.3. The number of ether oxygens (including phenoxy) is 2. The van der Waals surface area contributed by atoms with Crippen LogP contribution >= 0.6 is 15.9 Å². The molecule has 0 aliphatic rings. The van der Waals surface area contributed by atoms with E-state index in [1.165, 1.54) is 26.2 Å². The van der Waals surface area contributed by atoms with Gasteiger partial charge in [0, 0.05) is 23.4 Å². The number of nitro groups is 1. The van der Waals surface area contributed by atoms with E-state index < -0.39 is 23.0 Å². The molecule has 0 aliphatic heterocycles. The molecule has 184 valence electrons. The third-order valence-electron chi connectivity index (χ3n) is 4.97. The number of carbonyl (C=O) groups excluding carboxylic acids is 2. The van der Waals surface area contributed by atoms with Gasteiger partial charge in [0.1, 0.15) is 0 Å². The topological polar surface area (TPSA) is 154 Å². The zero-order valence-electron chi connectivity index (χ0n) is 19.0. The van der Waals surface area contributed by atoms with Crippen molar-refractivity contribution in [2.24, 2.45) is 5.73 Å². The maximum absolute atomic E-state index is 12.4. The molecule has 2 atom stereocenters. The summed E-state index contributed by atoms with van der Waals surface area (Å²) in [6.45, 7) is 1.52. The first kappa shape index (κ1) is 27.1. The van der Waals surface area contributed by atoms with E-state index in [9.17, 15) is 24.8 Å². The van der Waals surface area contributed by atoms with Crippen molar-refractivity contribution in [1.82, 2.24) is 5.32 Å². The van der Waals surface area contributed by atoms with E-state index in [1.807, 2.05) is 24.3 Å². The average Bonchev–Trinajstić information content (AvgIpc) is 2.77. The molecule has 34 heavy (non-hydrogen) atoms. The molecule has 0 bridgehead atoms. The minimum atomic E-state index is -1.06. The van der Waals surface area contributed by atoms with E-state index >= 15 is 0 Å². The first-order valence-electron chi connectivity index (χ1n) is 10.6. The largest absolute Gasteiger partial charge is 0.493 e. The lowest BCUT2D eigenvalue weighted by Gasteiger charge is -2.18. The fourth-order valence-corrected chi connectivity index (χ4v) is 3.63. The number of aliphatic hydroxyl groups excluding tert-OH is 1. The summed E-state index contributed by atoms with van der Waals surface area (Å²) in [5.41, 5.74) is 6.11. The summed E-state index contributed by atoms with van der Waals surface area (Å²) in [6, 6.07) is 9.66. The van der Waals surface area contributed by atoms with E-state index in [0.717, 1.165) is 10.0 Å². The number of hydrogen-bond acceptors (Lipinski definition) is 7. The Morgan fingerprint density at radius 2 is 1.91 bits per heavy atom. The Hall–Kier alpha value is -3.18. The van der Waals surface area contributed by atoms with Crippen molar-refractivity contribution in [2.45, 2.75) is 44.8 Å². The summed E-state index contributed by atoms with van der Waals surface area (Å²) >= 11 is 3.37. The van der Waals surface area contributed by atoms with Gasteiger partial charge in [0.2, 0.25) is 11.8 Å². The standard InChI is InChI=1S/C23H28BrN3O7/c1-14(28)18-12-20(33-2)21(13-19(18)27(31)32)34-9-3-4-23(30)26-17(11-22(25)29)10-15-5-7-16(24)8-6-15/h5-8,12-14,17,28H,3-4,9-11H2,1-2H3,(H2,25,29)(H,26,30). The van der Waals surface area contributed by atoms with Crippen LogP contribution in [0.5, 0.6) is 11.5 Å². The predicted octanol–water partition coefficient (Wildman–Crippen LogP) is 3.18. The van der Waals surface area contributed by atoms with Gasteiger partial charge in [-0.05, 0) is 43.5 Å². The minimum absolute atomic E-state index is 0.00873. The van der Waals surface area contributed by atoms with Crippen LogP contribution in [0.2, 0.25) is 0 Å². The molecule has 0 saturated carbocycles. The fraction of sp³-hybridized carbons (Fsp3) is 0.391. The first-order valence-corrected chi connectivity index (χ1v) is 11.4. The molecule has 0 aliphatic carbocycles. The van der Waals surface area contributed by atoms with Crippen LogP contribution in [-0.4, -0.2) is 41.6 Å². The van der Waals surface area contributed by atoms with Crippen molar-refractivity contribution in [3.8, 4) is 11.5 Å². The second-order valence-electron chi connectivity index (χ2n) is 7.71. The van der Waals surface area contributed by atoms with E-state index in [1.54, 1.807) is 0 Å². The normalized spacial score (nSPS) is 12.5. The third-order valence-corrected chi connectivity index (χ3v) is 5.50. The van der Waals surface area contributed by atoms with Gasteiger partial charge in [0.25, 0.3) is 5.69 Å². The summed E-state index contributed by atoms with van der Waals surface area (Å²) < 4.78 is 11.8. The van der Waals surface area contributed by atoms with Crippen molar-refractivity contribution in [2.75, 3.05) is 13.7 Å². The van der Waals surface area contributed by atoms with E-state index in [-0.39, 0.29) is 48.1 Å². The Morgan fingerprint density at radius 3 is 2.47 bits per heavy atom. The molecule has 2 unspecified atom stereocenters. The van der Waals surface area contributed by atoms with Gasteiger partial charge in [0.15, 0.2) is 11.5 Å². The molecule has 2 aromatic rings. The van der Waals surface area contributed by atoms with Gasteiger partial charge in [0.05, 0.1) is 36.4 Å². The summed E-state index contributed by atoms with van der Waals surface area (Å²) in [5, 5.41) is 24.0. The Balaban J connectivity index is 1.94. The third kappa shape index (κ3) is 8.31. The molecular formula is C23H28BrN3O7.